The van der Waals surface area contributed by atoms with Crippen LogP contribution in [0.5, 0.6) is 0 Å². The predicted molar refractivity (Wildman–Crippen MR) is 108 cm³/mol. The lowest BCUT2D eigenvalue weighted by Crippen LogP contribution is -2.28. The Morgan fingerprint density at radius 2 is 1.88 bits per heavy atom. The first kappa shape index (κ1) is 19.3. The molecule has 0 bridgehead atoms. The highest BCUT2D eigenvalue weighted by atomic mass is 79.9. The lowest BCUT2D eigenvalue weighted by Gasteiger charge is -2.18. The van der Waals surface area contributed by atoms with Gasteiger partial charge in [0, 0.05) is 28.1 Å². The number of nitrogens with zero attached hydrogens (tertiary/aromatic N) is 1. The van der Waals surface area contributed by atoms with Crippen LogP contribution in [0, 0.1) is 0 Å². The number of benzene rings is 2. The van der Waals surface area contributed by atoms with Crippen molar-refractivity contribution in [1.82, 2.24) is 4.90 Å². The number of sulfonamides is 1. The largest absolute Gasteiger partial charge is 0.339 e. The highest BCUT2D eigenvalue weighted by molar-refractivity contribution is 9.10. The van der Waals surface area contributed by atoms with Crippen molar-refractivity contribution in [3.8, 4) is 0 Å². The molecular weight excluding hydrogens is 436 g/mol. The quantitative estimate of drug-likeness (QED) is 0.687. The number of carbonyl (C=O) groups is 1. The number of rotatable bonds is 5. The van der Waals surface area contributed by atoms with E-state index in [1.807, 2.05) is 12.3 Å². The van der Waals surface area contributed by atoms with Gasteiger partial charge in [-0.05, 0) is 55.5 Å². The summed E-state index contributed by atoms with van der Waals surface area (Å²) in [5.41, 5.74) is 0.900. The molecule has 3 rings (SSSR count). The second-order valence-corrected chi connectivity index (χ2v) is 9.42. The molecule has 1 fully saturated rings. The molecule has 0 radical (unpaired) electrons. The number of hydrogen-bond acceptors (Lipinski definition) is 4. The van der Waals surface area contributed by atoms with E-state index < -0.39 is 10.0 Å². The monoisotopic (exact) mass is 454 g/mol. The van der Waals surface area contributed by atoms with Gasteiger partial charge in [-0.1, -0.05) is 22.0 Å². The molecule has 1 N–H and O–H groups in total. The van der Waals surface area contributed by atoms with Crippen LogP contribution in [-0.4, -0.2) is 38.6 Å². The van der Waals surface area contributed by atoms with Crippen LogP contribution in [0.15, 0.2) is 56.7 Å². The number of nitrogens with one attached hydrogen (secondary N) is 1. The van der Waals surface area contributed by atoms with E-state index in [1.165, 1.54) is 23.9 Å². The Balaban J connectivity index is 1.94. The molecule has 0 spiro atoms. The van der Waals surface area contributed by atoms with E-state index in [0.29, 0.717) is 11.3 Å². The molecule has 0 saturated carbocycles. The van der Waals surface area contributed by atoms with Crippen molar-refractivity contribution in [2.75, 3.05) is 24.1 Å². The molecule has 5 nitrogen and oxygen atoms in total. The Labute approximate surface area is 166 Å². The molecule has 0 atom stereocenters. The van der Waals surface area contributed by atoms with Gasteiger partial charge in [0.2, 0.25) is 0 Å². The summed E-state index contributed by atoms with van der Waals surface area (Å²) in [6, 6.07) is 11.6. The summed E-state index contributed by atoms with van der Waals surface area (Å²) in [6.07, 6.45) is 3.86. The van der Waals surface area contributed by atoms with Crippen molar-refractivity contribution in [2.45, 2.75) is 22.6 Å². The standard InChI is InChI=1S/C18H19BrN2O3S2/c1-25-17-8-7-15(12-16(17)18(22)21-9-2-3-10-21)26(23,24)20-14-6-4-5-13(19)11-14/h4-8,11-12,20H,2-3,9-10H2,1H3. The molecule has 1 saturated heterocycles. The fraction of sp³-hybridized carbons (Fsp3) is 0.278. The van der Waals surface area contributed by atoms with E-state index in [0.717, 1.165) is 35.3 Å². The number of likely N-dealkylation sites (tertiary alicyclic amines) is 1. The first-order valence-corrected chi connectivity index (χ1v) is 11.7. The zero-order valence-electron chi connectivity index (χ0n) is 14.2. The summed E-state index contributed by atoms with van der Waals surface area (Å²) in [5.74, 6) is -0.105. The summed E-state index contributed by atoms with van der Waals surface area (Å²) >= 11 is 4.76. The summed E-state index contributed by atoms with van der Waals surface area (Å²) < 4.78 is 28.8. The SMILES string of the molecule is CSc1ccc(S(=O)(=O)Nc2cccc(Br)c2)cc1C(=O)N1CCCC1. The Morgan fingerprint density at radius 3 is 2.54 bits per heavy atom. The molecule has 1 heterocycles. The van der Waals surface area contributed by atoms with Crippen LogP contribution in [0.4, 0.5) is 5.69 Å². The Morgan fingerprint density at radius 1 is 1.15 bits per heavy atom. The van der Waals surface area contributed by atoms with Gasteiger partial charge in [-0.2, -0.15) is 0 Å². The number of amides is 1. The Hall–Kier alpha value is -1.51. The van der Waals surface area contributed by atoms with Crippen molar-refractivity contribution in [3.63, 3.8) is 0 Å². The summed E-state index contributed by atoms with van der Waals surface area (Å²) in [4.78, 5) is 15.4. The van der Waals surface area contributed by atoms with Gasteiger partial charge in [-0.25, -0.2) is 8.42 Å². The average Bonchev–Trinajstić information content (AvgIpc) is 3.14. The molecule has 0 unspecified atom stereocenters. The number of halogens is 1. The predicted octanol–water partition coefficient (Wildman–Crippen LogP) is 4.21. The lowest BCUT2D eigenvalue weighted by molar-refractivity contribution is 0.0789. The van der Waals surface area contributed by atoms with Crippen LogP contribution in [0.2, 0.25) is 0 Å². The third-order valence-electron chi connectivity index (χ3n) is 4.18. The van der Waals surface area contributed by atoms with Gasteiger partial charge in [0.15, 0.2) is 0 Å². The Bertz CT molecular complexity index is 926. The molecule has 2 aromatic rings. The molecule has 1 amide bonds. The zero-order chi connectivity index (χ0) is 18.7. The Kier molecular flexibility index (Phi) is 5.94. The van der Waals surface area contributed by atoms with Crippen LogP contribution in [-0.2, 0) is 10.0 Å². The number of anilines is 1. The molecule has 2 aromatic carbocycles. The lowest BCUT2D eigenvalue weighted by atomic mass is 10.2. The van der Waals surface area contributed by atoms with Crippen LogP contribution in [0.25, 0.3) is 0 Å². The first-order chi connectivity index (χ1) is 12.4. The van der Waals surface area contributed by atoms with Crippen LogP contribution >= 0.6 is 27.7 Å². The second-order valence-electron chi connectivity index (χ2n) is 5.98. The fourth-order valence-corrected chi connectivity index (χ4v) is 4.92. The zero-order valence-corrected chi connectivity index (χ0v) is 17.5. The molecule has 0 aliphatic carbocycles. The summed E-state index contributed by atoms with van der Waals surface area (Å²) in [6.45, 7) is 1.44. The second kappa shape index (κ2) is 8.02. The topological polar surface area (TPSA) is 66.5 Å². The third-order valence-corrected chi connectivity index (χ3v) is 6.85. The van der Waals surface area contributed by atoms with Crippen molar-refractivity contribution < 1.29 is 13.2 Å². The molecule has 26 heavy (non-hydrogen) atoms. The van der Waals surface area contributed by atoms with Gasteiger partial charge in [-0.15, -0.1) is 11.8 Å². The first-order valence-electron chi connectivity index (χ1n) is 8.16. The normalized spacial score (nSPS) is 14.5. The van der Waals surface area contributed by atoms with E-state index in [2.05, 4.69) is 20.7 Å². The van der Waals surface area contributed by atoms with Crippen molar-refractivity contribution in [2.24, 2.45) is 0 Å². The summed E-state index contributed by atoms with van der Waals surface area (Å²) in [5, 5.41) is 0. The maximum atomic E-state index is 12.8. The van der Waals surface area contributed by atoms with Gasteiger partial charge in [-0.3, -0.25) is 9.52 Å². The van der Waals surface area contributed by atoms with E-state index in [9.17, 15) is 13.2 Å². The minimum atomic E-state index is -3.79. The highest BCUT2D eigenvalue weighted by Crippen LogP contribution is 2.27. The average molecular weight is 455 g/mol. The van der Waals surface area contributed by atoms with E-state index in [-0.39, 0.29) is 10.8 Å². The number of thioether (sulfide) groups is 1. The van der Waals surface area contributed by atoms with Crippen molar-refractivity contribution in [1.29, 1.82) is 0 Å². The number of carbonyl (C=O) groups excluding carboxylic acids is 1. The van der Waals surface area contributed by atoms with Gasteiger partial charge in [0.05, 0.1) is 10.5 Å². The maximum Gasteiger partial charge on any atom is 0.261 e. The molecule has 8 heteroatoms. The minimum absolute atomic E-state index is 0.0813. The smallest absolute Gasteiger partial charge is 0.261 e. The molecule has 1 aliphatic rings. The van der Waals surface area contributed by atoms with E-state index in [4.69, 9.17) is 0 Å². The molecule has 138 valence electrons. The van der Waals surface area contributed by atoms with Crippen molar-refractivity contribution in [3.05, 3.63) is 52.5 Å². The highest BCUT2D eigenvalue weighted by Gasteiger charge is 2.24. The molecular formula is C18H19BrN2O3S2. The summed E-state index contributed by atoms with van der Waals surface area (Å²) in [7, 11) is -3.79. The maximum absolute atomic E-state index is 12.8. The molecule has 1 aliphatic heterocycles. The number of hydrogen-bond donors (Lipinski definition) is 1. The van der Waals surface area contributed by atoms with Gasteiger partial charge >= 0.3 is 0 Å². The van der Waals surface area contributed by atoms with Crippen molar-refractivity contribution >= 4 is 49.3 Å². The molecule has 0 aromatic heterocycles. The van der Waals surface area contributed by atoms with Gasteiger partial charge < -0.3 is 4.90 Å². The third kappa shape index (κ3) is 4.24. The minimum Gasteiger partial charge on any atom is -0.339 e. The van der Waals surface area contributed by atoms with E-state index in [1.54, 1.807) is 29.2 Å². The fourth-order valence-electron chi connectivity index (χ4n) is 2.88. The van der Waals surface area contributed by atoms with E-state index >= 15 is 0 Å². The van der Waals surface area contributed by atoms with Gasteiger partial charge in [0.25, 0.3) is 15.9 Å². The van der Waals surface area contributed by atoms with Gasteiger partial charge in [0.1, 0.15) is 0 Å². The van der Waals surface area contributed by atoms with Crippen LogP contribution in [0.3, 0.4) is 0 Å². The van der Waals surface area contributed by atoms with Crippen LogP contribution in [0.1, 0.15) is 23.2 Å². The van der Waals surface area contributed by atoms with Crippen LogP contribution < -0.4 is 4.72 Å².